The summed E-state index contributed by atoms with van der Waals surface area (Å²) in [5.41, 5.74) is 3.69. The summed E-state index contributed by atoms with van der Waals surface area (Å²) in [5, 5.41) is 7.93. The van der Waals surface area contributed by atoms with Gasteiger partial charge in [-0.2, -0.15) is 11.3 Å². The van der Waals surface area contributed by atoms with Gasteiger partial charge in [-0.3, -0.25) is 0 Å². The molecule has 0 saturated heterocycles. The van der Waals surface area contributed by atoms with Gasteiger partial charge in [-0.25, -0.2) is 4.39 Å². The number of aryl methyl sites for hydroxylation is 1. The summed E-state index contributed by atoms with van der Waals surface area (Å²) in [5.74, 6) is -0.159. The molecule has 0 fully saturated rings. The van der Waals surface area contributed by atoms with E-state index in [9.17, 15) is 4.39 Å². The largest absolute Gasteiger partial charge is 0.310 e. The molecule has 1 nitrogen and oxygen atoms in total. The van der Waals surface area contributed by atoms with Crippen LogP contribution in [0.5, 0.6) is 0 Å². The number of rotatable bonds is 6. The van der Waals surface area contributed by atoms with Crippen LogP contribution in [-0.2, 0) is 6.42 Å². The van der Waals surface area contributed by atoms with Crippen molar-refractivity contribution in [3.8, 4) is 0 Å². The third kappa shape index (κ3) is 3.88. The molecule has 1 aromatic carbocycles. The van der Waals surface area contributed by atoms with Crippen LogP contribution in [0.2, 0.25) is 0 Å². The molecule has 2 rings (SSSR count). The third-order valence-corrected chi connectivity index (χ3v) is 4.12. The van der Waals surface area contributed by atoms with Gasteiger partial charge in [0.15, 0.2) is 0 Å². The first-order valence-corrected chi connectivity index (χ1v) is 7.65. The first kappa shape index (κ1) is 14.2. The molecule has 1 unspecified atom stereocenters. The topological polar surface area (TPSA) is 12.0 Å². The van der Waals surface area contributed by atoms with E-state index in [1.54, 1.807) is 23.5 Å². The molecule has 1 N–H and O–H groups in total. The fourth-order valence-corrected chi connectivity index (χ4v) is 3.14. The molecule has 1 aromatic heterocycles. The minimum atomic E-state index is -0.159. The summed E-state index contributed by atoms with van der Waals surface area (Å²) in [6.07, 6.45) is 1.93. The quantitative estimate of drug-likeness (QED) is 0.821. The lowest BCUT2D eigenvalue weighted by molar-refractivity contribution is 0.526. The maximum absolute atomic E-state index is 13.3. The lowest BCUT2D eigenvalue weighted by atomic mass is 9.98. The summed E-state index contributed by atoms with van der Waals surface area (Å²) in [7, 11) is 0. The Bertz CT molecular complexity index is 521. The van der Waals surface area contributed by atoms with E-state index >= 15 is 0 Å². The molecule has 0 aliphatic carbocycles. The molecule has 19 heavy (non-hydrogen) atoms. The third-order valence-electron chi connectivity index (χ3n) is 3.24. The predicted molar refractivity (Wildman–Crippen MR) is 80.2 cm³/mol. The highest BCUT2D eigenvalue weighted by Gasteiger charge is 2.14. The molecule has 0 saturated carbocycles. The molecule has 102 valence electrons. The van der Waals surface area contributed by atoms with Crippen molar-refractivity contribution >= 4 is 11.3 Å². The van der Waals surface area contributed by atoms with Crippen LogP contribution in [0.1, 0.15) is 36.1 Å². The van der Waals surface area contributed by atoms with Gasteiger partial charge < -0.3 is 5.32 Å². The first-order valence-electron chi connectivity index (χ1n) is 6.71. The van der Waals surface area contributed by atoms with Crippen molar-refractivity contribution in [2.45, 2.75) is 32.7 Å². The second kappa shape index (κ2) is 6.83. The molecular formula is C16H20FNS. The van der Waals surface area contributed by atoms with Crippen molar-refractivity contribution in [3.05, 3.63) is 57.5 Å². The minimum Gasteiger partial charge on any atom is -0.310 e. The molecule has 0 aliphatic rings. The summed E-state index contributed by atoms with van der Waals surface area (Å²) < 4.78 is 13.3. The highest BCUT2D eigenvalue weighted by atomic mass is 32.1. The summed E-state index contributed by atoms with van der Waals surface area (Å²) in [6, 6.07) is 7.16. The van der Waals surface area contributed by atoms with Gasteiger partial charge in [0.25, 0.3) is 0 Å². The molecule has 0 spiro atoms. The normalized spacial score (nSPS) is 12.6. The zero-order chi connectivity index (χ0) is 13.7. The Balaban J connectivity index is 2.16. The van der Waals surface area contributed by atoms with Crippen LogP contribution >= 0.6 is 11.3 Å². The molecule has 0 bridgehead atoms. The van der Waals surface area contributed by atoms with E-state index in [1.165, 1.54) is 17.2 Å². The fraction of sp³-hybridized carbons (Fsp3) is 0.375. The molecule has 1 heterocycles. The highest BCUT2D eigenvalue weighted by Crippen LogP contribution is 2.25. The number of halogens is 1. The van der Waals surface area contributed by atoms with E-state index in [-0.39, 0.29) is 11.9 Å². The van der Waals surface area contributed by atoms with E-state index in [2.05, 4.69) is 29.9 Å². The maximum atomic E-state index is 13.3. The van der Waals surface area contributed by atoms with E-state index in [1.807, 2.05) is 6.07 Å². The van der Waals surface area contributed by atoms with Crippen LogP contribution in [0, 0.1) is 12.7 Å². The number of hydrogen-bond acceptors (Lipinski definition) is 2. The van der Waals surface area contributed by atoms with Gasteiger partial charge >= 0.3 is 0 Å². The van der Waals surface area contributed by atoms with Crippen molar-refractivity contribution in [2.24, 2.45) is 0 Å². The SMILES string of the molecule is CCCNC(Cc1cccc(F)c1)c1cscc1C. The van der Waals surface area contributed by atoms with Crippen molar-refractivity contribution < 1.29 is 4.39 Å². The second-order valence-electron chi connectivity index (χ2n) is 4.85. The molecule has 2 aromatic rings. The second-order valence-corrected chi connectivity index (χ2v) is 5.59. The number of thiophene rings is 1. The van der Waals surface area contributed by atoms with Gasteiger partial charge in [0.05, 0.1) is 0 Å². The van der Waals surface area contributed by atoms with Crippen LogP contribution in [0.25, 0.3) is 0 Å². The van der Waals surface area contributed by atoms with Gasteiger partial charge in [-0.05, 0) is 65.9 Å². The first-order chi connectivity index (χ1) is 9.20. The van der Waals surface area contributed by atoms with Gasteiger partial charge in [0, 0.05) is 6.04 Å². The Morgan fingerprint density at radius 2 is 2.16 bits per heavy atom. The smallest absolute Gasteiger partial charge is 0.123 e. The zero-order valence-corrected chi connectivity index (χ0v) is 12.3. The monoisotopic (exact) mass is 277 g/mol. The lowest BCUT2D eigenvalue weighted by Crippen LogP contribution is -2.24. The van der Waals surface area contributed by atoms with Crippen LogP contribution in [0.15, 0.2) is 35.0 Å². The zero-order valence-electron chi connectivity index (χ0n) is 11.4. The molecule has 3 heteroatoms. The summed E-state index contributed by atoms with van der Waals surface area (Å²) in [6.45, 7) is 5.28. The minimum absolute atomic E-state index is 0.159. The van der Waals surface area contributed by atoms with E-state index in [0.29, 0.717) is 0 Å². The maximum Gasteiger partial charge on any atom is 0.123 e. The number of nitrogens with one attached hydrogen (secondary N) is 1. The fourth-order valence-electron chi connectivity index (χ4n) is 2.24. The van der Waals surface area contributed by atoms with Crippen molar-refractivity contribution in [2.75, 3.05) is 6.54 Å². The van der Waals surface area contributed by atoms with Crippen LogP contribution < -0.4 is 5.32 Å². The van der Waals surface area contributed by atoms with Crippen molar-refractivity contribution in [1.29, 1.82) is 0 Å². The molecule has 0 radical (unpaired) electrons. The standard InChI is InChI=1S/C16H20FNS/c1-3-7-18-16(15-11-19-10-12(15)2)9-13-5-4-6-14(17)8-13/h4-6,8,10-11,16,18H,3,7,9H2,1-2H3. The van der Waals surface area contributed by atoms with E-state index in [4.69, 9.17) is 0 Å². The Morgan fingerprint density at radius 1 is 1.32 bits per heavy atom. The highest BCUT2D eigenvalue weighted by molar-refractivity contribution is 7.08. The van der Waals surface area contributed by atoms with Gasteiger partial charge in [-0.1, -0.05) is 19.1 Å². The molecular weight excluding hydrogens is 257 g/mol. The molecule has 1 atom stereocenters. The average Bonchev–Trinajstić information content (AvgIpc) is 2.81. The Kier molecular flexibility index (Phi) is 5.11. The number of benzene rings is 1. The van der Waals surface area contributed by atoms with Gasteiger partial charge in [-0.15, -0.1) is 0 Å². The average molecular weight is 277 g/mol. The molecule has 0 aliphatic heterocycles. The Morgan fingerprint density at radius 3 is 2.79 bits per heavy atom. The van der Waals surface area contributed by atoms with Crippen LogP contribution in [0.3, 0.4) is 0 Å². The lowest BCUT2D eigenvalue weighted by Gasteiger charge is -2.19. The van der Waals surface area contributed by atoms with E-state index in [0.717, 1.165) is 24.9 Å². The van der Waals surface area contributed by atoms with Crippen LogP contribution in [-0.4, -0.2) is 6.54 Å². The van der Waals surface area contributed by atoms with Crippen LogP contribution in [0.4, 0.5) is 4.39 Å². The van der Waals surface area contributed by atoms with Gasteiger partial charge in [0.1, 0.15) is 5.82 Å². The Hall–Kier alpha value is -1.19. The summed E-state index contributed by atoms with van der Waals surface area (Å²) >= 11 is 1.73. The van der Waals surface area contributed by atoms with Gasteiger partial charge in [0.2, 0.25) is 0 Å². The van der Waals surface area contributed by atoms with E-state index < -0.39 is 0 Å². The number of hydrogen-bond donors (Lipinski definition) is 1. The molecule has 0 amide bonds. The summed E-state index contributed by atoms with van der Waals surface area (Å²) in [4.78, 5) is 0. The van der Waals surface area contributed by atoms with Crippen molar-refractivity contribution in [3.63, 3.8) is 0 Å². The van der Waals surface area contributed by atoms with Crippen molar-refractivity contribution in [1.82, 2.24) is 5.32 Å². The predicted octanol–water partition coefficient (Wildman–Crippen LogP) is 4.48. The Labute approximate surface area is 118 Å².